The molecule has 0 aliphatic heterocycles. The Morgan fingerprint density at radius 2 is 2.05 bits per heavy atom. The molecule has 8 heteroatoms. The molecule has 8 nitrogen and oxygen atoms in total. The van der Waals surface area contributed by atoms with Crippen LogP contribution in [0.5, 0.6) is 5.88 Å². The Hall–Kier alpha value is -2.25. The highest BCUT2D eigenvalue weighted by Gasteiger charge is 2.12. The predicted molar refractivity (Wildman–Crippen MR) is 69.5 cm³/mol. The zero-order valence-corrected chi connectivity index (χ0v) is 11.2. The van der Waals surface area contributed by atoms with Crippen LogP contribution in [0.25, 0.3) is 0 Å². The molecule has 0 aromatic carbocycles. The Bertz CT molecular complexity index is 573. The average Bonchev–Trinajstić information content (AvgIpc) is 2.33. The number of aromatic nitrogens is 2. The standard InChI is InChI=1S/C11H18N4O4/c1-4-7-8(16)13-11(19)15(9(7)17)6-5-12-10(18)14(2)3/h17H,4-6H2,1-3H3,(H,12,18)(H,13,16,19). The molecule has 3 N–H and O–H groups in total. The molecule has 19 heavy (non-hydrogen) atoms. The summed E-state index contributed by atoms with van der Waals surface area (Å²) in [6.07, 6.45) is 0.311. The molecule has 0 saturated heterocycles. The highest BCUT2D eigenvalue weighted by atomic mass is 16.3. The van der Waals surface area contributed by atoms with E-state index in [-0.39, 0.29) is 30.6 Å². The van der Waals surface area contributed by atoms with Crippen LogP contribution in [0.4, 0.5) is 4.79 Å². The molecule has 1 heterocycles. The molecular weight excluding hydrogens is 252 g/mol. The second kappa shape index (κ2) is 6.07. The summed E-state index contributed by atoms with van der Waals surface area (Å²) >= 11 is 0. The number of urea groups is 1. The van der Waals surface area contributed by atoms with Gasteiger partial charge in [-0.2, -0.15) is 0 Å². The average molecular weight is 270 g/mol. The minimum atomic E-state index is -0.696. The summed E-state index contributed by atoms with van der Waals surface area (Å²) in [4.78, 5) is 37.7. The monoisotopic (exact) mass is 270 g/mol. The second-order valence-electron chi connectivity index (χ2n) is 4.19. The van der Waals surface area contributed by atoms with E-state index in [2.05, 4.69) is 10.3 Å². The van der Waals surface area contributed by atoms with Gasteiger partial charge in [-0.25, -0.2) is 9.59 Å². The van der Waals surface area contributed by atoms with E-state index in [9.17, 15) is 19.5 Å². The largest absolute Gasteiger partial charge is 0.494 e. The van der Waals surface area contributed by atoms with E-state index < -0.39 is 11.2 Å². The minimum absolute atomic E-state index is 0.0774. The maximum absolute atomic E-state index is 11.6. The molecule has 106 valence electrons. The lowest BCUT2D eigenvalue weighted by Crippen LogP contribution is -2.39. The molecule has 0 fully saturated rings. The van der Waals surface area contributed by atoms with Crippen molar-refractivity contribution < 1.29 is 9.90 Å². The van der Waals surface area contributed by atoms with Crippen molar-refractivity contribution in [1.82, 2.24) is 19.8 Å². The van der Waals surface area contributed by atoms with Crippen molar-refractivity contribution in [3.63, 3.8) is 0 Å². The van der Waals surface area contributed by atoms with Gasteiger partial charge in [0.05, 0.1) is 5.56 Å². The van der Waals surface area contributed by atoms with E-state index in [0.717, 1.165) is 4.57 Å². The van der Waals surface area contributed by atoms with E-state index in [1.54, 1.807) is 21.0 Å². The Balaban J connectivity index is 2.88. The summed E-state index contributed by atoms with van der Waals surface area (Å²) in [6, 6.07) is -0.298. The number of hydrogen-bond donors (Lipinski definition) is 3. The Morgan fingerprint density at radius 3 is 2.58 bits per heavy atom. The van der Waals surface area contributed by atoms with Crippen molar-refractivity contribution in [2.24, 2.45) is 0 Å². The van der Waals surface area contributed by atoms with E-state index in [1.807, 2.05) is 0 Å². The van der Waals surface area contributed by atoms with E-state index in [1.165, 1.54) is 4.90 Å². The third-order valence-corrected chi connectivity index (χ3v) is 2.64. The van der Waals surface area contributed by atoms with E-state index >= 15 is 0 Å². The van der Waals surface area contributed by atoms with Crippen molar-refractivity contribution in [3.8, 4) is 5.88 Å². The van der Waals surface area contributed by atoms with Crippen molar-refractivity contribution in [2.45, 2.75) is 19.9 Å². The fourth-order valence-electron chi connectivity index (χ4n) is 1.56. The number of aromatic hydroxyl groups is 1. The molecule has 2 amide bonds. The van der Waals surface area contributed by atoms with Crippen molar-refractivity contribution in [2.75, 3.05) is 20.6 Å². The number of carbonyl (C=O) groups excluding carboxylic acids is 1. The number of H-pyrrole nitrogens is 1. The van der Waals surface area contributed by atoms with Crippen molar-refractivity contribution in [3.05, 3.63) is 26.4 Å². The number of aromatic amines is 1. The molecule has 0 atom stereocenters. The molecule has 0 aliphatic carbocycles. The molecular formula is C11H18N4O4. The minimum Gasteiger partial charge on any atom is -0.494 e. The SMILES string of the molecule is CCc1c(O)n(CCNC(=O)N(C)C)c(=O)[nH]c1=O. The Kier molecular flexibility index (Phi) is 4.74. The van der Waals surface area contributed by atoms with Crippen molar-refractivity contribution >= 4 is 6.03 Å². The maximum atomic E-state index is 11.6. The van der Waals surface area contributed by atoms with E-state index in [4.69, 9.17) is 0 Å². The second-order valence-corrected chi connectivity index (χ2v) is 4.19. The van der Waals surface area contributed by atoms with Gasteiger partial charge in [-0.1, -0.05) is 6.92 Å². The first-order chi connectivity index (χ1) is 8.88. The first kappa shape index (κ1) is 14.8. The molecule has 0 spiro atoms. The van der Waals surface area contributed by atoms with Gasteiger partial charge in [0.1, 0.15) is 0 Å². The lowest BCUT2D eigenvalue weighted by molar-refractivity contribution is 0.216. The predicted octanol–water partition coefficient (Wildman–Crippen LogP) is -0.924. The van der Waals surface area contributed by atoms with Gasteiger partial charge in [0.25, 0.3) is 5.56 Å². The summed E-state index contributed by atoms with van der Waals surface area (Å²) in [5.74, 6) is -0.352. The van der Waals surface area contributed by atoms with Crippen LogP contribution >= 0.6 is 0 Å². The van der Waals surface area contributed by atoms with Gasteiger partial charge in [-0.15, -0.1) is 0 Å². The third-order valence-electron chi connectivity index (χ3n) is 2.64. The number of rotatable bonds is 4. The van der Waals surface area contributed by atoms with Crippen LogP contribution < -0.4 is 16.6 Å². The van der Waals surface area contributed by atoms with Crippen LogP contribution in [0.2, 0.25) is 0 Å². The topological polar surface area (TPSA) is 107 Å². The Morgan fingerprint density at radius 1 is 1.42 bits per heavy atom. The molecule has 1 aromatic rings. The highest BCUT2D eigenvalue weighted by Crippen LogP contribution is 2.09. The lowest BCUT2D eigenvalue weighted by atomic mass is 10.2. The quantitative estimate of drug-likeness (QED) is 0.657. The number of carbonyl (C=O) groups is 1. The first-order valence-corrected chi connectivity index (χ1v) is 5.88. The molecule has 0 radical (unpaired) electrons. The summed E-state index contributed by atoms with van der Waals surface area (Å²) in [6.45, 7) is 1.95. The Labute approximate surface area is 109 Å². The van der Waals surface area contributed by atoms with Crippen LogP contribution in [0.3, 0.4) is 0 Å². The maximum Gasteiger partial charge on any atom is 0.331 e. The zero-order chi connectivity index (χ0) is 14.6. The molecule has 0 unspecified atom stereocenters. The van der Waals surface area contributed by atoms with Crippen LogP contribution in [0, 0.1) is 0 Å². The van der Waals surface area contributed by atoms with E-state index in [0.29, 0.717) is 6.42 Å². The normalized spacial score (nSPS) is 10.3. The smallest absolute Gasteiger partial charge is 0.331 e. The van der Waals surface area contributed by atoms with Gasteiger partial charge in [-0.05, 0) is 6.42 Å². The molecule has 1 rings (SSSR count). The third kappa shape index (κ3) is 3.36. The first-order valence-electron chi connectivity index (χ1n) is 5.88. The fourth-order valence-corrected chi connectivity index (χ4v) is 1.56. The van der Waals surface area contributed by atoms with Gasteiger partial charge in [0, 0.05) is 27.2 Å². The van der Waals surface area contributed by atoms with Gasteiger partial charge in [0.2, 0.25) is 5.88 Å². The highest BCUT2D eigenvalue weighted by molar-refractivity contribution is 5.73. The summed E-state index contributed by atoms with van der Waals surface area (Å²) < 4.78 is 1.02. The van der Waals surface area contributed by atoms with Crippen LogP contribution in [0.1, 0.15) is 12.5 Å². The zero-order valence-electron chi connectivity index (χ0n) is 11.2. The van der Waals surface area contributed by atoms with Crippen LogP contribution in [-0.2, 0) is 13.0 Å². The van der Waals surface area contributed by atoms with Gasteiger partial charge >= 0.3 is 11.7 Å². The van der Waals surface area contributed by atoms with Crippen molar-refractivity contribution in [1.29, 1.82) is 0 Å². The van der Waals surface area contributed by atoms with Crippen LogP contribution in [-0.4, -0.2) is 46.2 Å². The van der Waals surface area contributed by atoms with Gasteiger partial charge in [-0.3, -0.25) is 14.3 Å². The van der Waals surface area contributed by atoms with Gasteiger partial charge < -0.3 is 15.3 Å². The molecule has 0 bridgehead atoms. The number of hydrogen-bond acceptors (Lipinski definition) is 4. The summed E-state index contributed by atoms with van der Waals surface area (Å²) in [5.41, 5.74) is -1.13. The number of nitrogens with one attached hydrogen (secondary N) is 2. The van der Waals surface area contributed by atoms with Gasteiger partial charge in [0.15, 0.2) is 0 Å². The van der Waals surface area contributed by atoms with Crippen LogP contribution in [0.15, 0.2) is 9.59 Å². The molecule has 0 saturated carbocycles. The fraction of sp³-hybridized carbons (Fsp3) is 0.545. The lowest BCUT2D eigenvalue weighted by Gasteiger charge is -2.14. The number of nitrogens with zero attached hydrogens (tertiary/aromatic N) is 2. The summed E-state index contributed by atoms with van der Waals surface area (Å²) in [7, 11) is 3.18. The molecule has 0 aliphatic rings. The summed E-state index contributed by atoms with van der Waals surface area (Å²) in [5, 5.41) is 12.4. The molecule has 1 aromatic heterocycles. The number of amides is 2.